The van der Waals surface area contributed by atoms with E-state index in [0.717, 1.165) is 17.0 Å². The molecule has 0 aromatic carbocycles. The Morgan fingerprint density at radius 1 is 1.58 bits per heavy atom. The Kier molecular flexibility index (Phi) is 4.36. The van der Waals surface area contributed by atoms with Crippen molar-refractivity contribution >= 4 is 35.4 Å². The van der Waals surface area contributed by atoms with Gasteiger partial charge in [-0.25, -0.2) is 0 Å². The molecule has 1 aliphatic heterocycles. The maximum Gasteiger partial charge on any atom is 0.227 e. The summed E-state index contributed by atoms with van der Waals surface area (Å²) in [6.07, 6.45) is 1.21. The number of carbonyl (C=O) groups excluding carboxylic acids is 2. The molecule has 19 heavy (non-hydrogen) atoms. The second kappa shape index (κ2) is 5.83. The van der Waals surface area contributed by atoms with Crippen LogP contribution in [0.1, 0.15) is 23.9 Å². The first-order valence-electron chi connectivity index (χ1n) is 6.19. The van der Waals surface area contributed by atoms with Crippen LogP contribution in [-0.4, -0.2) is 40.8 Å². The van der Waals surface area contributed by atoms with E-state index >= 15 is 0 Å². The van der Waals surface area contributed by atoms with Crippen molar-refractivity contribution in [3.05, 3.63) is 14.5 Å². The van der Waals surface area contributed by atoms with E-state index in [4.69, 9.17) is 12.2 Å². The highest BCUT2D eigenvalue weighted by Crippen LogP contribution is 2.18. The van der Waals surface area contributed by atoms with Gasteiger partial charge in [0.25, 0.3) is 0 Å². The monoisotopic (exact) mass is 299 g/mol. The van der Waals surface area contributed by atoms with Crippen molar-refractivity contribution < 1.29 is 9.59 Å². The van der Waals surface area contributed by atoms with Crippen LogP contribution in [0.3, 0.4) is 0 Å². The number of thiazole rings is 1. The van der Waals surface area contributed by atoms with Gasteiger partial charge in [0.05, 0.1) is 6.42 Å². The van der Waals surface area contributed by atoms with Gasteiger partial charge in [-0.1, -0.05) is 0 Å². The van der Waals surface area contributed by atoms with E-state index in [1.807, 2.05) is 11.8 Å². The Balaban J connectivity index is 1.93. The molecule has 0 spiro atoms. The second-order valence-corrected chi connectivity index (χ2v) is 6.54. The van der Waals surface area contributed by atoms with Crippen molar-refractivity contribution in [1.82, 2.24) is 15.2 Å². The number of likely N-dealkylation sites (tertiary alicyclic amines) is 1. The van der Waals surface area contributed by atoms with E-state index in [0.29, 0.717) is 23.5 Å². The molecule has 7 heteroatoms. The molecule has 2 amide bonds. The third-order valence-electron chi connectivity index (χ3n) is 3.18. The fraction of sp³-hybridized carbons (Fsp3) is 0.583. The van der Waals surface area contributed by atoms with Gasteiger partial charge in [-0.3, -0.25) is 9.59 Å². The first-order chi connectivity index (χ1) is 8.95. The van der Waals surface area contributed by atoms with Crippen molar-refractivity contribution in [3.63, 3.8) is 0 Å². The Labute approximate surface area is 121 Å². The van der Waals surface area contributed by atoms with Crippen LogP contribution < -0.4 is 5.32 Å². The zero-order valence-corrected chi connectivity index (χ0v) is 12.6. The normalized spacial score (nSPS) is 18.6. The number of rotatable bonds is 3. The number of aromatic nitrogens is 1. The predicted octanol–water partition coefficient (Wildman–Crippen LogP) is 1.39. The number of aromatic amines is 1. The van der Waals surface area contributed by atoms with E-state index in [2.05, 4.69) is 10.3 Å². The number of amides is 2. The van der Waals surface area contributed by atoms with Crippen molar-refractivity contribution in [2.75, 3.05) is 13.1 Å². The number of hydrogen-bond acceptors (Lipinski definition) is 4. The summed E-state index contributed by atoms with van der Waals surface area (Å²) in [7, 11) is 0. The van der Waals surface area contributed by atoms with E-state index in [1.54, 1.807) is 0 Å². The van der Waals surface area contributed by atoms with Crippen LogP contribution in [-0.2, 0) is 16.0 Å². The van der Waals surface area contributed by atoms with E-state index < -0.39 is 0 Å². The lowest BCUT2D eigenvalue weighted by Crippen LogP contribution is -2.37. The largest absolute Gasteiger partial charge is 0.352 e. The summed E-state index contributed by atoms with van der Waals surface area (Å²) in [5.74, 6) is 0.0555. The first-order valence-corrected chi connectivity index (χ1v) is 7.41. The van der Waals surface area contributed by atoms with Crippen LogP contribution in [0.15, 0.2) is 0 Å². The maximum absolute atomic E-state index is 12.2. The molecular formula is C12H17N3O2S2. The summed E-state index contributed by atoms with van der Waals surface area (Å²) < 4.78 is 0.706. The lowest BCUT2D eigenvalue weighted by atomic mass is 10.2. The van der Waals surface area contributed by atoms with Crippen molar-refractivity contribution in [2.24, 2.45) is 0 Å². The van der Waals surface area contributed by atoms with Crippen LogP contribution in [0.2, 0.25) is 0 Å². The number of H-pyrrole nitrogens is 1. The smallest absolute Gasteiger partial charge is 0.227 e. The van der Waals surface area contributed by atoms with Crippen LogP contribution in [0.5, 0.6) is 0 Å². The van der Waals surface area contributed by atoms with Gasteiger partial charge >= 0.3 is 0 Å². The third kappa shape index (κ3) is 3.63. The lowest BCUT2D eigenvalue weighted by molar-refractivity contribution is -0.129. The SMILES string of the molecule is CC(=O)NC1CCN(C(=O)Cc2sc(=S)[nH]c2C)C1. The average Bonchev–Trinajstić information content (AvgIpc) is 2.86. The van der Waals surface area contributed by atoms with Gasteiger partial charge in [0.2, 0.25) is 11.8 Å². The molecule has 0 radical (unpaired) electrons. The summed E-state index contributed by atoms with van der Waals surface area (Å²) in [6, 6.07) is 0.0898. The molecule has 2 rings (SSSR count). The van der Waals surface area contributed by atoms with Crippen LogP contribution >= 0.6 is 23.6 Å². The molecule has 5 nitrogen and oxygen atoms in total. The molecule has 2 N–H and O–H groups in total. The van der Waals surface area contributed by atoms with Crippen molar-refractivity contribution in [3.8, 4) is 0 Å². The Morgan fingerprint density at radius 2 is 2.32 bits per heavy atom. The zero-order chi connectivity index (χ0) is 14.0. The molecule has 1 atom stereocenters. The molecule has 1 aromatic heterocycles. The van der Waals surface area contributed by atoms with E-state index in [-0.39, 0.29) is 17.9 Å². The van der Waals surface area contributed by atoms with Gasteiger partial charge in [0.1, 0.15) is 0 Å². The lowest BCUT2D eigenvalue weighted by Gasteiger charge is -2.16. The molecule has 1 aromatic rings. The molecule has 104 valence electrons. The second-order valence-electron chi connectivity index (χ2n) is 4.77. The molecule has 0 saturated carbocycles. The number of nitrogens with one attached hydrogen (secondary N) is 2. The molecule has 2 heterocycles. The Bertz CT molecular complexity index is 549. The Hall–Kier alpha value is -1.21. The summed E-state index contributed by atoms with van der Waals surface area (Å²) in [5.41, 5.74) is 0.973. The highest BCUT2D eigenvalue weighted by Gasteiger charge is 2.27. The van der Waals surface area contributed by atoms with Crippen molar-refractivity contribution in [1.29, 1.82) is 0 Å². The third-order valence-corrected chi connectivity index (χ3v) is 4.52. The first kappa shape index (κ1) is 14.2. The fourth-order valence-corrected chi connectivity index (χ4v) is 3.53. The van der Waals surface area contributed by atoms with Gasteiger partial charge < -0.3 is 15.2 Å². The summed E-state index contributed by atoms with van der Waals surface area (Å²) in [4.78, 5) is 29.0. The van der Waals surface area contributed by atoms with E-state index in [9.17, 15) is 9.59 Å². The quantitative estimate of drug-likeness (QED) is 0.829. The Morgan fingerprint density at radius 3 is 2.89 bits per heavy atom. The molecular weight excluding hydrogens is 282 g/mol. The molecule has 0 bridgehead atoms. The minimum absolute atomic E-state index is 0.0428. The summed E-state index contributed by atoms with van der Waals surface area (Å²) >= 11 is 6.52. The van der Waals surface area contributed by atoms with Gasteiger partial charge in [-0.15, -0.1) is 11.3 Å². The molecule has 1 saturated heterocycles. The topological polar surface area (TPSA) is 65.2 Å². The van der Waals surface area contributed by atoms with Gasteiger partial charge in [0, 0.05) is 36.6 Å². The summed E-state index contributed by atoms with van der Waals surface area (Å²) in [6.45, 7) is 4.74. The molecule has 1 aliphatic rings. The highest BCUT2D eigenvalue weighted by atomic mass is 32.1. The minimum atomic E-state index is -0.0428. The van der Waals surface area contributed by atoms with Crippen LogP contribution in [0, 0.1) is 10.9 Å². The van der Waals surface area contributed by atoms with Crippen LogP contribution in [0.4, 0.5) is 0 Å². The average molecular weight is 299 g/mol. The van der Waals surface area contributed by atoms with Crippen molar-refractivity contribution in [2.45, 2.75) is 32.7 Å². The number of nitrogens with zero attached hydrogens (tertiary/aromatic N) is 1. The van der Waals surface area contributed by atoms with Gasteiger partial charge in [-0.2, -0.15) is 0 Å². The van der Waals surface area contributed by atoms with Gasteiger partial charge in [0.15, 0.2) is 3.95 Å². The molecule has 1 unspecified atom stereocenters. The summed E-state index contributed by atoms with van der Waals surface area (Å²) in [5, 5.41) is 2.85. The number of aryl methyl sites for hydroxylation is 1. The fourth-order valence-electron chi connectivity index (χ4n) is 2.25. The zero-order valence-electron chi connectivity index (χ0n) is 11.0. The van der Waals surface area contributed by atoms with E-state index in [1.165, 1.54) is 18.3 Å². The highest BCUT2D eigenvalue weighted by molar-refractivity contribution is 7.73. The predicted molar refractivity (Wildman–Crippen MR) is 76.7 cm³/mol. The van der Waals surface area contributed by atoms with Gasteiger partial charge in [-0.05, 0) is 25.6 Å². The number of hydrogen-bond donors (Lipinski definition) is 2. The number of carbonyl (C=O) groups is 2. The molecule has 0 aliphatic carbocycles. The maximum atomic E-state index is 12.2. The van der Waals surface area contributed by atoms with Crippen LogP contribution in [0.25, 0.3) is 0 Å². The minimum Gasteiger partial charge on any atom is -0.352 e. The molecule has 1 fully saturated rings. The standard InChI is InChI=1S/C12H17N3O2S2/c1-7-10(19-12(18)13-7)5-11(17)15-4-3-9(6-15)14-8(2)16/h9H,3-6H2,1-2H3,(H,13,18)(H,14,16).